The lowest BCUT2D eigenvalue weighted by Crippen LogP contribution is -2.34. The highest BCUT2D eigenvalue weighted by molar-refractivity contribution is 5.81. The third-order valence-electron chi connectivity index (χ3n) is 4.34. The highest BCUT2D eigenvalue weighted by Crippen LogP contribution is 2.45. The summed E-state index contributed by atoms with van der Waals surface area (Å²) >= 11 is 0. The average Bonchev–Trinajstić information content (AvgIpc) is 3.38. The van der Waals surface area contributed by atoms with Crippen molar-refractivity contribution in [3.63, 3.8) is 0 Å². The number of aryl methyl sites for hydroxylation is 1. The smallest absolute Gasteiger partial charge is 0.311 e. The normalized spacial score (nSPS) is 14.6. The van der Waals surface area contributed by atoms with Gasteiger partial charge in [-0.2, -0.15) is 0 Å². The Kier molecular flexibility index (Phi) is 5.54. The molecule has 1 saturated carbocycles. The van der Waals surface area contributed by atoms with Gasteiger partial charge in [-0.25, -0.2) is 0 Å². The summed E-state index contributed by atoms with van der Waals surface area (Å²) < 4.78 is 15.9. The third kappa shape index (κ3) is 3.72. The minimum atomic E-state index is -0.843. The van der Waals surface area contributed by atoms with Crippen molar-refractivity contribution in [3.05, 3.63) is 17.7 Å². The van der Waals surface area contributed by atoms with Crippen LogP contribution in [0.5, 0.6) is 17.2 Å². The van der Waals surface area contributed by atoms with Crippen LogP contribution in [0.4, 0.5) is 0 Å². The van der Waals surface area contributed by atoms with E-state index in [9.17, 15) is 9.59 Å². The quantitative estimate of drug-likeness (QED) is 0.711. The first-order chi connectivity index (χ1) is 11.5. The molecule has 1 fully saturated rings. The fourth-order valence-corrected chi connectivity index (χ4v) is 2.58. The lowest BCUT2D eigenvalue weighted by Gasteiger charge is -2.16. The van der Waals surface area contributed by atoms with E-state index in [4.69, 9.17) is 19.3 Å². The monoisotopic (exact) mass is 337 g/mol. The molecule has 1 amide bonds. The Balaban J connectivity index is 1.96. The van der Waals surface area contributed by atoms with Crippen LogP contribution in [0.3, 0.4) is 0 Å². The number of hydrogen-bond acceptors (Lipinski definition) is 5. The molecule has 1 aromatic carbocycles. The lowest BCUT2D eigenvalue weighted by molar-refractivity contribution is -0.143. The fourth-order valence-electron chi connectivity index (χ4n) is 2.58. The molecule has 0 heterocycles. The lowest BCUT2D eigenvalue weighted by atomic mass is 10.1. The number of nitrogens with one attached hydrogen (secondary N) is 1. The van der Waals surface area contributed by atoms with Crippen molar-refractivity contribution in [2.75, 3.05) is 27.9 Å². The first-order valence-electron chi connectivity index (χ1n) is 7.75. The van der Waals surface area contributed by atoms with E-state index in [1.165, 1.54) is 14.2 Å². The van der Waals surface area contributed by atoms with E-state index < -0.39 is 11.4 Å². The largest absolute Gasteiger partial charge is 0.493 e. The van der Waals surface area contributed by atoms with E-state index >= 15 is 0 Å². The molecule has 1 aliphatic rings. The van der Waals surface area contributed by atoms with Gasteiger partial charge >= 0.3 is 5.97 Å². The van der Waals surface area contributed by atoms with Gasteiger partial charge in [0.15, 0.2) is 11.5 Å². The molecule has 7 nitrogen and oxygen atoms in total. The summed E-state index contributed by atoms with van der Waals surface area (Å²) in [7, 11) is 4.60. The van der Waals surface area contributed by atoms with Gasteiger partial charge in [0, 0.05) is 13.0 Å². The summed E-state index contributed by atoms with van der Waals surface area (Å²) in [5.41, 5.74) is 0.0705. The third-order valence-corrected chi connectivity index (χ3v) is 4.34. The fraction of sp³-hybridized carbons (Fsp3) is 0.529. The summed E-state index contributed by atoms with van der Waals surface area (Å²) in [5.74, 6) is 0.554. The topological polar surface area (TPSA) is 94.1 Å². The standard InChI is InChI=1S/C17H23NO6/c1-22-12-6-4-11(14(23-2)15(12)24-3)5-7-13(19)18-10-17(8-9-17)16(20)21/h4,6H,5,7-10H2,1-3H3,(H,18,19)(H,20,21). The zero-order chi connectivity index (χ0) is 17.7. The van der Waals surface area contributed by atoms with Crippen molar-refractivity contribution in [3.8, 4) is 17.2 Å². The summed E-state index contributed by atoms with van der Waals surface area (Å²) in [4.78, 5) is 23.1. The van der Waals surface area contributed by atoms with Gasteiger partial charge in [0.25, 0.3) is 0 Å². The van der Waals surface area contributed by atoms with Crippen LogP contribution in [-0.4, -0.2) is 44.9 Å². The Morgan fingerprint density at radius 2 is 1.79 bits per heavy atom. The van der Waals surface area contributed by atoms with E-state index in [-0.39, 0.29) is 18.9 Å². The molecule has 132 valence electrons. The molecule has 0 saturated heterocycles. The van der Waals surface area contributed by atoms with Crippen molar-refractivity contribution in [1.29, 1.82) is 0 Å². The molecule has 0 aliphatic heterocycles. The summed E-state index contributed by atoms with van der Waals surface area (Å²) in [5, 5.41) is 11.8. The molecule has 2 rings (SSSR count). The van der Waals surface area contributed by atoms with Gasteiger partial charge < -0.3 is 24.6 Å². The van der Waals surface area contributed by atoms with Gasteiger partial charge in [0.1, 0.15) is 0 Å². The number of carbonyl (C=O) groups excluding carboxylic acids is 1. The zero-order valence-corrected chi connectivity index (χ0v) is 14.2. The molecule has 0 radical (unpaired) electrons. The molecule has 1 aliphatic carbocycles. The Morgan fingerprint density at radius 1 is 1.12 bits per heavy atom. The van der Waals surface area contributed by atoms with Gasteiger partial charge in [0.05, 0.1) is 26.7 Å². The van der Waals surface area contributed by atoms with Crippen molar-refractivity contribution in [1.82, 2.24) is 5.32 Å². The number of ether oxygens (including phenoxy) is 3. The highest BCUT2D eigenvalue weighted by Gasteiger charge is 2.50. The number of amides is 1. The van der Waals surface area contributed by atoms with E-state index in [0.29, 0.717) is 36.5 Å². The molecule has 0 aromatic heterocycles. The molecule has 0 spiro atoms. The number of methoxy groups -OCH3 is 3. The van der Waals surface area contributed by atoms with Crippen LogP contribution in [0.1, 0.15) is 24.8 Å². The maximum atomic E-state index is 12.0. The minimum absolute atomic E-state index is 0.181. The van der Waals surface area contributed by atoms with Crippen LogP contribution < -0.4 is 19.5 Å². The van der Waals surface area contributed by atoms with Gasteiger partial charge in [-0.1, -0.05) is 6.07 Å². The summed E-state index contributed by atoms with van der Waals surface area (Å²) in [6.07, 6.45) is 1.93. The van der Waals surface area contributed by atoms with Gasteiger partial charge in [0.2, 0.25) is 11.7 Å². The van der Waals surface area contributed by atoms with Crippen LogP contribution in [0.2, 0.25) is 0 Å². The van der Waals surface area contributed by atoms with Crippen LogP contribution >= 0.6 is 0 Å². The maximum absolute atomic E-state index is 12.0. The first kappa shape index (κ1) is 17.9. The minimum Gasteiger partial charge on any atom is -0.493 e. The van der Waals surface area contributed by atoms with Crippen molar-refractivity contribution in [2.45, 2.75) is 25.7 Å². The van der Waals surface area contributed by atoms with Crippen LogP contribution in [-0.2, 0) is 16.0 Å². The number of benzene rings is 1. The van der Waals surface area contributed by atoms with Crippen molar-refractivity contribution < 1.29 is 28.9 Å². The Bertz CT molecular complexity index is 624. The predicted octanol–water partition coefficient (Wildman–Crippen LogP) is 1.63. The Hall–Kier alpha value is -2.44. The second-order valence-corrected chi connectivity index (χ2v) is 5.86. The number of carboxylic acid groups (broad SMARTS) is 1. The van der Waals surface area contributed by atoms with Crippen molar-refractivity contribution in [2.24, 2.45) is 5.41 Å². The summed E-state index contributed by atoms with van der Waals surface area (Å²) in [6.45, 7) is 0.185. The number of rotatable bonds is 9. The second kappa shape index (κ2) is 7.42. The van der Waals surface area contributed by atoms with Gasteiger partial charge in [-0.15, -0.1) is 0 Å². The number of carboxylic acids is 1. The van der Waals surface area contributed by atoms with E-state index in [1.807, 2.05) is 6.07 Å². The van der Waals surface area contributed by atoms with E-state index in [1.54, 1.807) is 13.2 Å². The van der Waals surface area contributed by atoms with E-state index in [0.717, 1.165) is 5.56 Å². The molecule has 1 aromatic rings. The summed E-state index contributed by atoms with van der Waals surface area (Å²) in [6, 6.07) is 3.59. The molecule has 0 bridgehead atoms. The first-order valence-corrected chi connectivity index (χ1v) is 7.75. The Morgan fingerprint density at radius 3 is 2.29 bits per heavy atom. The van der Waals surface area contributed by atoms with E-state index in [2.05, 4.69) is 5.32 Å². The molecular formula is C17H23NO6. The number of aliphatic carboxylic acids is 1. The Labute approximate surface area is 140 Å². The molecule has 2 N–H and O–H groups in total. The zero-order valence-electron chi connectivity index (χ0n) is 14.2. The second-order valence-electron chi connectivity index (χ2n) is 5.86. The predicted molar refractivity (Wildman–Crippen MR) is 86.7 cm³/mol. The highest BCUT2D eigenvalue weighted by atomic mass is 16.5. The molecule has 0 unspecified atom stereocenters. The van der Waals surface area contributed by atoms with Crippen LogP contribution in [0, 0.1) is 5.41 Å². The maximum Gasteiger partial charge on any atom is 0.311 e. The SMILES string of the molecule is COc1ccc(CCC(=O)NCC2(C(=O)O)CC2)c(OC)c1OC. The number of hydrogen-bond donors (Lipinski definition) is 2. The van der Waals surface area contributed by atoms with Crippen LogP contribution in [0.25, 0.3) is 0 Å². The average molecular weight is 337 g/mol. The molecule has 0 atom stereocenters. The van der Waals surface area contributed by atoms with Crippen molar-refractivity contribution >= 4 is 11.9 Å². The van der Waals surface area contributed by atoms with Gasteiger partial charge in [-0.05, 0) is 30.9 Å². The van der Waals surface area contributed by atoms with Gasteiger partial charge in [-0.3, -0.25) is 9.59 Å². The van der Waals surface area contributed by atoms with Crippen LogP contribution in [0.15, 0.2) is 12.1 Å². The molecule has 7 heteroatoms. The number of carbonyl (C=O) groups is 2. The molecule has 24 heavy (non-hydrogen) atoms. The molecular weight excluding hydrogens is 314 g/mol.